The third-order valence-corrected chi connectivity index (χ3v) is 3.88. The predicted molar refractivity (Wildman–Crippen MR) is 90.7 cm³/mol. The number of rotatable bonds is 5. The fourth-order valence-electron chi connectivity index (χ4n) is 2.60. The molecule has 0 radical (unpaired) electrons. The van der Waals surface area contributed by atoms with Crippen LogP contribution in [0.2, 0.25) is 0 Å². The molecule has 8 heteroatoms. The van der Waals surface area contributed by atoms with E-state index in [9.17, 15) is 0 Å². The van der Waals surface area contributed by atoms with Gasteiger partial charge in [0, 0.05) is 18.7 Å². The molecule has 0 fully saturated rings. The molecule has 0 aliphatic carbocycles. The first-order valence-corrected chi connectivity index (χ1v) is 7.69. The Morgan fingerprint density at radius 2 is 1.96 bits per heavy atom. The number of fused-ring (bicyclic) bond motifs is 1. The second-order valence-corrected chi connectivity index (χ2v) is 5.53. The quantitative estimate of drug-likeness (QED) is 0.557. The van der Waals surface area contributed by atoms with Crippen molar-refractivity contribution in [3.63, 3.8) is 0 Å². The Kier molecular flexibility index (Phi) is 3.77. The van der Waals surface area contributed by atoms with Crippen molar-refractivity contribution in [3.8, 4) is 17.2 Å². The molecule has 126 valence electrons. The molecule has 0 aliphatic rings. The number of benzene rings is 2. The van der Waals surface area contributed by atoms with Crippen LogP contribution < -0.4 is 9.47 Å². The molecule has 0 spiro atoms. The minimum Gasteiger partial charge on any atom is -0.497 e. The summed E-state index contributed by atoms with van der Waals surface area (Å²) in [6.07, 6.45) is 3.17. The maximum Gasteiger partial charge on any atom is 0.137 e. The summed E-state index contributed by atoms with van der Waals surface area (Å²) in [7, 11) is 3.49. The highest BCUT2D eigenvalue weighted by molar-refractivity contribution is 5.76. The molecule has 0 amide bonds. The van der Waals surface area contributed by atoms with E-state index < -0.39 is 0 Å². The predicted octanol–water partition coefficient (Wildman–Crippen LogP) is 2.41. The van der Waals surface area contributed by atoms with Crippen molar-refractivity contribution >= 4 is 11.0 Å². The van der Waals surface area contributed by atoms with Gasteiger partial charge in [0.1, 0.15) is 35.4 Å². The normalized spacial score (nSPS) is 11.0. The summed E-state index contributed by atoms with van der Waals surface area (Å²) >= 11 is 0. The van der Waals surface area contributed by atoms with E-state index in [1.54, 1.807) is 22.8 Å². The van der Waals surface area contributed by atoms with Crippen LogP contribution in [0.15, 0.2) is 49.1 Å². The van der Waals surface area contributed by atoms with E-state index in [0.29, 0.717) is 12.3 Å². The van der Waals surface area contributed by atoms with Crippen LogP contribution in [-0.2, 0) is 13.6 Å². The zero-order chi connectivity index (χ0) is 17.2. The van der Waals surface area contributed by atoms with Crippen molar-refractivity contribution in [1.82, 2.24) is 29.8 Å². The first-order chi connectivity index (χ1) is 12.2. The van der Waals surface area contributed by atoms with Crippen molar-refractivity contribution in [3.05, 3.63) is 54.6 Å². The molecule has 0 bridgehead atoms. The van der Waals surface area contributed by atoms with Crippen molar-refractivity contribution < 1.29 is 9.47 Å². The third kappa shape index (κ3) is 3.01. The molecular weight excluding hydrogens is 320 g/mol. The average molecular weight is 336 g/mol. The summed E-state index contributed by atoms with van der Waals surface area (Å²) < 4.78 is 14.9. The van der Waals surface area contributed by atoms with Crippen LogP contribution in [0.3, 0.4) is 0 Å². The lowest BCUT2D eigenvalue weighted by molar-refractivity contribution is 0.411. The van der Waals surface area contributed by atoms with Crippen LogP contribution in [0.1, 0.15) is 5.56 Å². The molecule has 0 saturated heterocycles. The van der Waals surface area contributed by atoms with E-state index in [4.69, 9.17) is 9.47 Å². The van der Waals surface area contributed by atoms with Gasteiger partial charge in [-0.25, -0.2) is 14.3 Å². The molecule has 2 aromatic carbocycles. The van der Waals surface area contributed by atoms with E-state index in [2.05, 4.69) is 20.4 Å². The summed E-state index contributed by atoms with van der Waals surface area (Å²) in [5.41, 5.74) is 2.67. The molecule has 0 aliphatic heterocycles. The van der Waals surface area contributed by atoms with Crippen molar-refractivity contribution in [2.75, 3.05) is 7.11 Å². The molecule has 0 unspecified atom stereocenters. The molecular formula is C17H16N6O2. The Balaban J connectivity index is 1.69. The number of ether oxygens (including phenoxy) is 2. The average Bonchev–Trinajstić information content (AvgIpc) is 3.27. The number of methoxy groups -OCH3 is 1. The minimum absolute atomic E-state index is 0.530. The van der Waals surface area contributed by atoms with Gasteiger partial charge in [-0.2, -0.15) is 5.10 Å². The number of aromatic nitrogens is 6. The fourth-order valence-corrected chi connectivity index (χ4v) is 2.60. The summed E-state index contributed by atoms with van der Waals surface area (Å²) in [6, 6.07) is 11.4. The van der Waals surface area contributed by atoms with Gasteiger partial charge in [-0.15, -0.1) is 5.10 Å². The largest absolute Gasteiger partial charge is 0.497 e. The first kappa shape index (κ1) is 15.1. The highest BCUT2D eigenvalue weighted by atomic mass is 16.5. The van der Waals surface area contributed by atoms with Gasteiger partial charge in [-0.05, 0) is 30.3 Å². The lowest BCUT2D eigenvalue weighted by Gasteiger charge is -2.13. The minimum atomic E-state index is 0.530. The number of aryl methyl sites for hydroxylation is 1. The van der Waals surface area contributed by atoms with E-state index in [0.717, 1.165) is 28.1 Å². The Morgan fingerprint density at radius 1 is 1.08 bits per heavy atom. The molecule has 0 atom stereocenters. The van der Waals surface area contributed by atoms with Gasteiger partial charge in [0.15, 0.2) is 0 Å². The molecule has 4 rings (SSSR count). The highest BCUT2D eigenvalue weighted by Crippen LogP contribution is 2.30. The molecule has 0 saturated carbocycles. The van der Waals surface area contributed by atoms with Gasteiger partial charge >= 0.3 is 0 Å². The maximum absolute atomic E-state index is 6.10. The highest BCUT2D eigenvalue weighted by Gasteiger charge is 2.10. The van der Waals surface area contributed by atoms with E-state index in [1.807, 2.05) is 43.4 Å². The van der Waals surface area contributed by atoms with Crippen molar-refractivity contribution in [1.29, 1.82) is 0 Å². The van der Waals surface area contributed by atoms with Crippen LogP contribution in [-0.4, -0.2) is 36.9 Å². The Bertz CT molecular complexity index is 1010. The Labute approximate surface area is 143 Å². The SMILES string of the molecule is COc1ccc(Oc2ccc3nnn(C)c3c2)c(Cn2cncn2)c1. The van der Waals surface area contributed by atoms with Gasteiger partial charge in [-0.1, -0.05) is 5.21 Å². The number of nitrogens with zero attached hydrogens (tertiary/aromatic N) is 6. The summed E-state index contributed by atoms with van der Waals surface area (Å²) in [5.74, 6) is 2.20. The van der Waals surface area contributed by atoms with Crippen LogP contribution in [0.5, 0.6) is 17.2 Å². The molecule has 0 N–H and O–H groups in total. The topological polar surface area (TPSA) is 79.9 Å². The first-order valence-electron chi connectivity index (χ1n) is 7.69. The fraction of sp³-hybridized carbons (Fsp3) is 0.176. The monoisotopic (exact) mass is 336 g/mol. The Morgan fingerprint density at radius 3 is 2.76 bits per heavy atom. The van der Waals surface area contributed by atoms with Gasteiger partial charge in [0.25, 0.3) is 0 Å². The van der Waals surface area contributed by atoms with E-state index in [1.165, 1.54) is 6.33 Å². The lowest BCUT2D eigenvalue weighted by Crippen LogP contribution is -2.02. The van der Waals surface area contributed by atoms with Crippen LogP contribution in [0, 0.1) is 0 Å². The second-order valence-electron chi connectivity index (χ2n) is 5.53. The Hall–Kier alpha value is -3.42. The van der Waals surface area contributed by atoms with Crippen LogP contribution in [0.25, 0.3) is 11.0 Å². The molecule has 2 aromatic heterocycles. The number of hydrogen-bond donors (Lipinski definition) is 0. The van der Waals surface area contributed by atoms with Gasteiger partial charge in [-0.3, -0.25) is 0 Å². The van der Waals surface area contributed by atoms with Crippen LogP contribution >= 0.6 is 0 Å². The lowest BCUT2D eigenvalue weighted by atomic mass is 10.2. The van der Waals surface area contributed by atoms with Gasteiger partial charge in [0.2, 0.25) is 0 Å². The summed E-state index contributed by atoms with van der Waals surface area (Å²) in [4.78, 5) is 3.98. The molecule has 2 heterocycles. The number of hydrogen-bond acceptors (Lipinski definition) is 6. The zero-order valence-corrected chi connectivity index (χ0v) is 13.8. The van der Waals surface area contributed by atoms with Gasteiger partial charge in [0.05, 0.1) is 19.2 Å². The molecule has 4 aromatic rings. The van der Waals surface area contributed by atoms with Crippen molar-refractivity contribution in [2.24, 2.45) is 7.05 Å². The molecule has 25 heavy (non-hydrogen) atoms. The second kappa shape index (κ2) is 6.23. The smallest absolute Gasteiger partial charge is 0.137 e. The zero-order valence-electron chi connectivity index (χ0n) is 13.8. The van der Waals surface area contributed by atoms with Crippen LogP contribution in [0.4, 0.5) is 0 Å². The van der Waals surface area contributed by atoms with E-state index in [-0.39, 0.29) is 0 Å². The van der Waals surface area contributed by atoms with E-state index >= 15 is 0 Å². The summed E-state index contributed by atoms with van der Waals surface area (Å²) in [6.45, 7) is 0.530. The third-order valence-electron chi connectivity index (χ3n) is 3.88. The maximum atomic E-state index is 6.10. The summed E-state index contributed by atoms with van der Waals surface area (Å²) in [5, 5.41) is 12.2. The van der Waals surface area contributed by atoms with Gasteiger partial charge < -0.3 is 9.47 Å². The molecule has 8 nitrogen and oxygen atoms in total. The standard InChI is InChI=1S/C17H16N6O2/c1-22-16-8-14(3-5-15(16)20-21-22)25-17-6-4-13(24-2)7-12(17)9-23-11-18-10-19-23/h3-8,10-11H,9H2,1-2H3. The van der Waals surface area contributed by atoms with Crippen molar-refractivity contribution in [2.45, 2.75) is 6.54 Å².